The van der Waals surface area contributed by atoms with E-state index in [9.17, 15) is 14.4 Å². The third-order valence-electron chi connectivity index (χ3n) is 5.66. The summed E-state index contributed by atoms with van der Waals surface area (Å²) in [5.41, 5.74) is 4.10. The predicted molar refractivity (Wildman–Crippen MR) is 160 cm³/mol. The molecule has 0 saturated carbocycles. The van der Waals surface area contributed by atoms with Gasteiger partial charge in [0.15, 0.2) is 0 Å². The monoisotopic (exact) mass is 635 g/mol. The number of anilines is 1. The predicted octanol–water partition coefficient (Wildman–Crippen LogP) is 6.36. The Morgan fingerprint density at radius 3 is 2.32 bits per heavy atom. The van der Waals surface area contributed by atoms with E-state index in [1.165, 1.54) is 32.6 Å². The molecule has 0 unspecified atom stereocenters. The second-order valence-electron chi connectivity index (χ2n) is 8.38. The first kappa shape index (κ1) is 29.3. The summed E-state index contributed by atoms with van der Waals surface area (Å²) in [6, 6.07) is 22.5. The summed E-state index contributed by atoms with van der Waals surface area (Å²) >= 11 is 9.41. The van der Waals surface area contributed by atoms with Crippen molar-refractivity contribution >= 4 is 57.2 Å². The molecule has 41 heavy (non-hydrogen) atoms. The van der Waals surface area contributed by atoms with Crippen LogP contribution in [0.1, 0.15) is 36.6 Å². The number of benzene rings is 4. The number of amides is 2. The van der Waals surface area contributed by atoms with Gasteiger partial charge < -0.3 is 19.5 Å². The standard InChI is InChI=1S/C30H23BrClN3O6/c1-39-24-10-6-18(7-11-24)30(38)41-26-12-8-21(31)14-20(26)17-33-35-28(36)19-4-3-5-23(15-19)34-29(37)25-16-22(32)9-13-27(25)40-2/h3-17H,1-2H3,(H,34,37)(H,35,36). The molecule has 0 fully saturated rings. The Morgan fingerprint density at radius 2 is 1.59 bits per heavy atom. The molecule has 0 radical (unpaired) electrons. The molecule has 0 saturated heterocycles. The van der Waals surface area contributed by atoms with Gasteiger partial charge in [-0.15, -0.1) is 0 Å². The fraction of sp³-hybridized carbons (Fsp3) is 0.0667. The van der Waals surface area contributed by atoms with Crippen molar-refractivity contribution in [2.24, 2.45) is 5.10 Å². The lowest BCUT2D eigenvalue weighted by Crippen LogP contribution is -2.18. The number of nitrogens with zero attached hydrogens (tertiary/aromatic N) is 1. The molecular formula is C30H23BrClN3O6. The van der Waals surface area contributed by atoms with Crippen molar-refractivity contribution in [3.05, 3.63) is 117 Å². The smallest absolute Gasteiger partial charge is 0.343 e. The number of hydrogen-bond acceptors (Lipinski definition) is 7. The highest BCUT2D eigenvalue weighted by Crippen LogP contribution is 2.25. The Hall–Kier alpha value is -4.67. The fourth-order valence-electron chi connectivity index (χ4n) is 3.62. The molecule has 0 aliphatic carbocycles. The minimum Gasteiger partial charge on any atom is -0.497 e. The van der Waals surface area contributed by atoms with Gasteiger partial charge in [-0.2, -0.15) is 5.10 Å². The number of ether oxygens (including phenoxy) is 3. The Balaban J connectivity index is 1.43. The Labute approximate surface area is 249 Å². The van der Waals surface area contributed by atoms with Gasteiger partial charge in [0.1, 0.15) is 17.2 Å². The van der Waals surface area contributed by atoms with Crippen LogP contribution in [0.4, 0.5) is 5.69 Å². The van der Waals surface area contributed by atoms with E-state index in [0.29, 0.717) is 37.8 Å². The van der Waals surface area contributed by atoms with Crippen LogP contribution in [0.3, 0.4) is 0 Å². The highest BCUT2D eigenvalue weighted by Gasteiger charge is 2.15. The zero-order valence-electron chi connectivity index (χ0n) is 21.8. The summed E-state index contributed by atoms with van der Waals surface area (Å²) in [5.74, 6) is -0.327. The van der Waals surface area contributed by atoms with Gasteiger partial charge in [-0.1, -0.05) is 33.6 Å². The van der Waals surface area contributed by atoms with Gasteiger partial charge in [0.05, 0.1) is 31.6 Å². The van der Waals surface area contributed by atoms with Crippen molar-refractivity contribution < 1.29 is 28.6 Å². The zero-order chi connectivity index (χ0) is 29.4. The molecule has 9 nitrogen and oxygen atoms in total. The normalized spacial score (nSPS) is 10.6. The number of halogens is 2. The quantitative estimate of drug-likeness (QED) is 0.0957. The molecule has 4 aromatic rings. The molecule has 0 bridgehead atoms. The van der Waals surface area contributed by atoms with Crippen LogP contribution in [0, 0.1) is 0 Å². The number of hydrogen-bond donors (Lipinski definition) is 2. The summed E-state index contributed by atoms with van der Waals surface area (Å²) in [7, 11) is 2.99. The van der Waals surface area contributed by atoms with E-state index in [1.807, 2.05) is 0 Å². The Morgan fingerprint density at radius 1 is 0.829 bits per heavy atom. The first-order valence-electron chi connectivity index (χ1n) is 12.0. The van der Waals surface area contributed by atoms with Crippen LogP contribution in [0.15, 0.2) is 94.5 Å². The van der Waals surface area contributed by atoms with Gasteiger partial charge in [0.25, 0.3) is 11.8 Å². The largest absolute Gasteiger partial charge is 0.497 e. The number of nitrogens with one attached hydrogen (secondary N) is 2. The molecular weight excluding hydrogens is 614 g/mol. The number of carbonyl (C=O) groups excluding carboxylic acids is 3. The third kappa shape index (κ3) is 7.71. The zero-order valence-corrected chi connectivity index (χ0v) is 24.2. The maximum atomic E-state index is 12.8. The molecule has 11 heteroatoms. The van der Waals surface area contributed by atoms with Crippen LogP contribution in [-0.2, 0) is 0 Å². The lowest BCUT2D eigenvalue weighted by molar-refractivity contribution is 0.0733. The fourth-order valence-corrected chi connectivity index (χ4v) is 4.17. The van der Waals surface area contributed by atoms with Gasteiger partial charge >= 0.3 is 5.97 Å². The van der Waals surface area contributed by atoms with Gasteiger partial charge in [-0.25, -0.2) is 10.2 Å². The maximum Gasteiger partial charge on any atom is 0.343 e. The lowest BCUT2D eigenvalue weighted by Gasteiger charge is -2.10. The minimum atomic E-state index is -0.567. The van der Waals surface area contributed by atoms with Crippen molar-refractivity contribution in [3.63, 3.8) is 0 Å². The van der Waals surface area contributed by atoms with Crippen molar-refractivity contribution in [1.29, 1.82) is 0 Å². The number of esters is 1. The second-order valence-corrected chi connectivity index (χ2v) is 9.73. The van der Waals surface area contributed by atoms with Crippen LogP contribution < -0.4 is 25.0 Å². The first-order chi connectivity index (χ1) is 19.8. The van der Waals surface area contributed by atoms with Gasteiger partial charge in [0.2, 0.25) is 0 Å². The number of hydrazone groups is 1. The molecule has 0 heterocycles. The molecule has 2 N–H and O–H groups in total. The Bertz CT molecular complexity index is 1630. The molecule has 208 valence electrons. The molecule has 0 aliphatic heterocycles. The molecule has 4 rings (SSSR count). The molecule has 0 atom stereocenters. The third-order valence-corrected chi connectivity index (χ3v) is 6.39. The van der Waals surface area contributed by atoms with Gasteiger partial charge in [-0.3, -0.25) is 9.59 Å². The van der Waals surface area contributed by atoms with E-state index in [0.717, 1.165) is 0 Å². The van der Waals surface area contributed by atoms with E-state index in [1.54, 1.807) is 72.8 Å². The van der Waals surface area contributed by atoms with E-state index in [2.05, 4.69) is 31.8 Å². The number of carbonyl (C=O) groups is 3. The molecule has 4 aromatic carbocycles. The minimum absolute atomic E-state index is 0.244. The van der Waals surface area contributed by atoms with Gasteiger partial charge in [0, 0.05) is 26.3 Å². The maximum absolute atomic E-state index is 12.8. The summed E-state index contributed by atoms with van der Waals surface area (Å²) in [6.45, 7) is 0. The van der Waals surface area contributed by atoms with Crippen molar-refractivity contribution in [3.8, 4) is 17.2 Å². The summed E-state index contributed by atoms with van der Waals surface area (Å²) in [5, 5.41) is 7.13. The van der Waals surface area contributed by atoms with E-state index >= 15 is 0 Å². The first-order valence-corrected chi connectivity index (χ1v) is 13.2. The number of methoxy groups -OCH3 is 2. The van der Waals surface area contributed by atoms with E-state index < -0.39 is 17.8 Å². The van der Waals surface area contributed by atoms with Crippen molar-refractivity contribution in [2.75, 3.05) is 19.5 Å². The molecule has 0 aromatic heterocycles. The average molecular weight is 637 g/mol. The van der Waals surface area contributed by atoms with Crippen LogP contribution in [0.25, 0.3) is 0 Å². The lowest BCUT2D eigenvalue weighted by atomic mass is 10.1. The molecule has 0 spiro atoms. The Kier molecular flexibility index (Phi) is 9.73. The summed E-state index contributed by atoms with van der Waals surface area (Å²) in [4.78, 5) is 38.2. The highest BCUT2D eigenvalue weighted by atomic mass is 79.9. The average Bonchev–Trinajstić information content (AvgIpc) is 2.98. The molecule has 2 amide bonds. The number of rotatable bonds is 9. The summed E-state index contributed by atoms with van der Waals surface area (Å²) < 4.78 is 16.6. The van der Waals surface area contributed by atoms with Crippen LogP contribution in [0.2, 0.25) is 5.02 Å². The van der Waals surface area contributed by atoms with Gasteiger partial charge in [-0.05, 0) is 78.9 Å². The van der Waals surface area contributed by atoms with Crippen molar-refractivity contribution in [1.82, 2.24) is 5.43 Å². The second kappa shape index (κ2) is 13.6. The van der Waals surface area contributed by atoms with E-state index in [-0.39, 0.29) is 16.9 Å². The SMILES string of the molecule is COc1ccc(C(=O)Oc2ccc(Br)cc2C=NNC(=O)c2cccc(NC(=O)c3cc(Cl)ccc3OC)c2)cc1. The molecule has 0 aliphatic rings. The van der Waals surface area contributed by atoms with Crippen LogP contribution in [-0.4, -0.2) is 38.2 Å². The summed E-state index contributed by atoms with van der Waals surface area (Å²) in [6.07, 6.45) is 1.36. The highest BCUT2D eigenvalue weighted by molar-refractivity contribution is 9.10. The topological polar surface area (TPSA) is 115 Å². The van der Waals surface area contributed by atoms with E-state index in [4.69, 9.17) is 25.8 Å². The van der Waals surface area contributed by atoms with Crippen molar-refractivity contribution in [2.45, 2.75) is 0 Å². The van der Waals surface area contributed by atoms with Crippen LogP contribution >= 0.6 is 27.5 Å². The van der Waals surface area contributed by atoms with Crippen LogP contribution in [0.5, 0.6) is 17.2 Å².